The Morgan fingerprint density at radius 1 is 1.20 bits per heavy atom. The average Bonchev–Trinajstić information content (AvgIpc) is 2.59. The van der Waals surface area contributed by atoms with Crippen LogP contribution in [-0.4, -0.2) is 43.4 Å². The first kappa shape index (κ1) is 22.0. The molecule has 1 fully saturated rings. The molecule has 140 valence electrons. The second kappa shape index (κ2) is 11.6. The summed E-state index contributed by atoms with van der Waals surface area (Å²) < 4.78 is 0. The lowest BCUT2D eigenvalue weighted by Crippen LogP contribution is -2.47. The molecule has 0 saturated heterocycles. The van der Waals surface area contributed by atoms with Crippen molar-refractivity contribution in [3.63, 3.8) is 0 Å². The van der Waals surface area contributed by atoms with Crippen LogP contribution in [0.1, 0.15) is 37.7 Å². The van der Waals surface area contributed by atoms with Gasteiger partial charge in [-0.15, -0.1) is 24.0 Å². The summed E-state index contributed by atoms with van der Waals surface area (Å²) in [5.74, 6) is 0.728. The zero-order valence-corrected chi connectivity index (χ0v) is 18.0. The highest BCUT2D eigenvalue weighted by Gasteiger charge is 2.15. The molecule has 7 heteroatoms. The van der Waals surface area contributed by atoms with Gasteiger partial charge in [-0.25, -0.2) is 4.99 Å². The fourth-order valence-electron chi connectivity index (χ4n) is 2.67. The van der Waals surface area contributed by atoms with Gasteiger partial charge in [0.2, 0.25) is 5.91 Å². The molecule has 2 N–H and O–H groups in total. The molecule has 0 aromatic heterocycles. The quantitative estimate of drug-likeness (QED) is 0.387. The Bertz CT molecular complexity index is 557. The van der Waals surface area contributed by atoms with Crippen LogP contribution in [0.5, 0.6) is 0 Å². The minimum atomic E-state index is 0. The van der Waals surface area contributed by atoms with E-state index in [1.807, 2.05) is 24.3 Å². The Kier molecular flexibility index (Phi) is 10.2. The zero-order valence-electron chi connectivity index (χ0n) is 14.9. The number of carbonyl (C=O) groups excluding carboxylic acids is 1. The van der Waals surface area contributed by atoms with Gasteiger partial charge in [0.1, 0.15) is 0 Å². The van der Waals surface area contributed by atoms with Crippen LogP contribution < -0.4 is 10.6 Å². The Hall–Kier alpha value is -1.02. The van der Waals surface area contributed by atoms with Crippen molar-refractivity contribution in [2.24, 2.45) is 4.99 Å². The first-order valence-electron chi connectivity index (χ1n) is 8.54. The number of aliphatic imine (C=N–C) groups is 1. The molecule has 1 aliphatic rings. The summed E-state index contributed by atoms with van der Waals surface area (Å²) in [6, 6.07) is 8.10. The van der Waals surface area contributed by atoms with E-state index in [4.69, 9.17) is 11.6 Å². The fraction of sp³-hybridized carbons (Fsp3) is 0.556. The largest absolute Gasteiger partial charge is 0.354 e. The van der Waals surface area contributed by atoms with Crippen LogP contribution in [0.15, 0.2) is 29.3 Å². The van der Waals surface area contributed by atoms with Crippen molar-refractivity contribution < 1.29 is 4.79 Å². The van der Waals surface area contributed by atoms with Gasteiger partial charge in [0, 0.05) is 25.2 Å². The molecule has 0 heterocycles. The molecular formula is C18H28ClIN4O. The molecule has 0 unspecified atom stereocenters. The maximum Gasteiger partial charge on any atom is 0.241 e. The molecule has 25 heavy (non-hydrogen) atoms. The van der Waals surface area contributed by atoms with Crippen LogP contribution in [-0.2, 0) is 11.3 Å². The normalized spacial score (nSPS) is 15.2. The molecule has 0 radical (unpaired) electrons. The molecule has 2 rings (SSSR count). The summed E-state index contributed by atoms with van der Waals surface area (Å²) in [7, 11) is 3.51. The highest BCUT2D eigenvalue weighted by molar-refractivity contribution is 14.0. The molecule has 1 aromatic rings. The smallest absolute Gasteiger partial charge is 0.241 e. The van der Waals surface area contributed by atoms with Crippen LogP contribution in [0.25, 0.3) is 0 Å². The number of halogens is 2. The molecule has 1 aromatic carbocycles. The summed E-state index contributed by atoms with van der Waals surface area (Å²) in [6.45, 7) is 0.793. The highest BCUT2D eigenvalue weighted by atomic mass is 127. The SMILES string of the molecule is CN(C)C(=O)CNC(=NCc1ccc(Cl)cc1)NC1CCCCC1.I. The topological polar surface area (TPSA) is 56.7 Å². The number of benzene rings is 1. The number of rotatable bonds is 5. The van der Waals surface area contributed by atoms with Gasteiger partial charge in [-0.3, -0.25) is 4.79 Å². The molecule has 5 nitrogen and oxygen atoms in total. The number of likely N-dealkylation sites (N-methyl/N-ethyl adjacent to an activating group) is 1. The van der Waals surface area contributed by atoms with E-state index < -0.39 is 0 Å². The summed E-state index contributed by atoms with van der Waals surface area (Å²) in [6.07, 6.45) is 6.12. The van der Waals surface area contributed by atoms with Crippen molar-refractivity contribution >= 4 is 47.4 Å². The molecule has 0 aliphatic heterocycles. The van der Waals surface area contributed by atoms with Gasteiger partial charge in [0.15, 0.2) is 5.96 Å². The monoisotopic (exact) mass is 478 g/mol. The zero-order chi connectivity index (χ0) is 17.4. The Labute approximate surface area is 172 Å². The first-order valence-corrected chi connectivity index (χ1v) is 8.92. The van der Waals surface area contributed by atoms with Crippen LogP contribution in [0.2, 0.25) is 5.02 Å². The van der Waals surface area contributed by atoms with Crippen molar-refractivity contribution in [1.29, 1.82) is 0 Å². The number of hydrogen-bond donors (Lipinski definition) is 2. The standard InChI is InChI=1S/C18H27ClN4O.HI/c1-23(2)17(24)13-21-18(22-16-6-4-3-5-7-16)20-12-14-8-10-15(19)11-9-14;/h8-11,16H,3-7,12-13H2,1-2H3,(H2,20,21,22);1H. The van der Waals surface area contributed by atoms with Gasteiger partial charge in [-0.05, 0) is 30.5 Å². The van der Waals surface area contributed by atoms with E-state index in [-0.39, 0.29) is 36.4 Å². The van der Waals surface area contributed by atoms with Gasteiger partial charge in [-0.1, -0.05) is 43.0 Å². The predicted octanol–water partition coefficient (Wildman–Crippen LogP) is 3.41. The molecular weight excluding hydrogens is 451 g/mol. The highest BCUT2D eigenvalue weighted by Crippen LogP contribution is 2.17. The van der Waals surface area contributed by atoms with Gasteiger partial charge in [-0.2, -0.15) is 0 Å². The van der Waals surface area contributed by atoms with Crippen LogP contribution in [0.3, 0.4) is 0 Å². The van der Waals surface area contributed by atoms with E-state index in [1.165, 1.54) is 19.3 Å². The molecule has 1 aliphatic carbocycles. The summed E-state index contributed by atoms with van der Waals surface area (Å²) in [5.41, 5.74) is 1.09. The van der Waals surface area contributed by atoms with E-state index in [1.54, 1.807) is 19.0 Å². The van der Waals surface area contributed by atoms with Crippen molar-refractivity contribution in [1.82, 2.24) is 15.5 Å². The van der Waals surface area contributed by atoms with E-state index in [9.17, 15) is 4.79 Å². The predicted molar refractivity (Wildman–Crippen MR) is 115 cm³/mol. The Balaban J connectivity index is 0.00000312. The van der Waals surface area contributed by atoms with E-state index in [0.29, 0.717) is 18.5 Å². The van der Waals surface area contributed by atoms with Gasteiger partial charge >= 0.3 is 0 Å². The van der Waals surface area contributed by atoms with Crippen molar-refractivity contribution in [2.45, 2.75) is 44.7 Å². The third-order valence-corrected chi connectivity index (χ3v) is 4.44. The number of guanidine groups is 1. The third-order valence-electron chi connectivity index (χ3n) is 4.18. The van der Waals surface area contributed by atoms with Crippen LogP contribution in [0, 0.1) is 0 Å². The summed E-state index contributed by atoms with van der Waals surface area (Å²) >= 11 is 5.91. The van der Waals surface area contributed by atoms with Crippen molar-refractivity contribution in [3.8, 4) is 0 Å². The lowest BCUT2D eigenvalue weighted by Gasteiger charge is -2.25. The Morgan fingerprint density at radius 3 is 2.44 bits per heavy atom. The fourth-order valence-corrected chi connectivity index (χ4v) is 2.80. The molecule has 1 saturated carbocycles. The molecule has 0 atom stereocenters. The van der Waals surface area contributed by atoms with E-state index in [0.717, 1.165) is 23.4 Å². The van der Waals surface area contributed by atoms with E-state index in [2.05, 4.69) is 15.6 Å². The third kappa shape index (κ3) is 8.27. The molecule has 0 bridgehead atoms. The second-order valence-electron chi connectivity index (χ2n) is 6.41. The van der Waals surface area contributed by atoms with Crippen molar-refractivity contribution in [3.05, 3.63) is 34.9 Å². The average molecular weight is 479 g/mol. The number of nitrogens with zero attached hydrogens (tertiary/aromatic N) is 2. The summed E-state index contributed by atoms with van der Waals surface area (Å²) in [4.78, 5) is 18.0. The molecule has 1 amide bonds. The van der Waals surface area contributed by atoms with Crippen molar-refractivity contribution in [2.75, 3.05) is 20.6 Å². The lowest BCUT2D eigenvalue weighted by atomic mass is 9.96. The van der Waals surface area contributed by atoms with Gasteiger partial charge < -0.3 is 15.5 Å². The lowest BCUT2D eigenvalue weighted by molar-refractivity contribution is -0.127. The molecule has 0 spiro atoms. The number of carbonyl (C=O) groups is 1. The van der Waals surface area contributed by atoms with E-state index >= 15 is 0 Å². The first-order chi connectivity index (χ1) is 11.5. The maximum atomic E-state index is 11.8. The maximum absolute atomic E-state index is 11.8. The van der Waals surface area contributed by atoms with Gasteiger partial charge in [0.25, 0.3) is 0 Å². The second-order valence-corrected chi connectivity index (χ2v) is 6.85. The number of hydrogen-bond acceptors (Lipinski definition) is 2. The number of nitrogens with one attached hydrogen (secondary N) is 2. The minimum Gasteiger partial charge on any atom is -0.354 e. The minimum absolute atomic E-state index is 0. The van der Waals surface area contributed by atoms with Gasteiger partial charge in [0.05, 0.1) is 13.1 Å². The van der Waals surface area contributed by atoms with Crippen LogP contribution >= 0.6 is 35.6 Å². The van der Waals surface area contributed by atoms with Crippen LogP contribution in [0.4, 0.5) is 0 Å². The number of amides is 1. The summed E-state index contributed by atoms with van der Waals surface area (Å²) in [5, 5.41) is 7.35. The Morgan fingerprint density at radius 2 is 1.84 bits per heavy atom.